The number of nitrogens with zero attached hydrogens (tertiary/aromatic N) is 1. The van der Waals surface area contributed by atoms with Crippen LogP contribution in [0.15, 0.2) is 15.5 Å². The molecule has 1 saturated carbocycles. The molecule has 1 heterocycles. The molecule has 3 rings (SSSR count). The second-order valence-corrected chi connectivity index (χ2v) is 5.83. The Hall–Kier alpha value is -1.32. The van der Waals surface area contributed by atoms with E-state index in [1.807, 2.05) is 13.0 Å². The lowest BCUT2D eigenvalue weighted by Crippen LogP contribution is -2.33. The number of carbonyl (C=O) groups excluding carboxylic acids is 1. The molecular weight excluding hydrogens is 310 g/mol. The van der Waals surface area contributed by atoms with Gasteiger partial charge in [-0.1, -0.05) is 15.9 Å². The zero-order valence-corrected chi connectivity index (χ0v) is 12.2. The van der Waals surface area contributed by atoms with E-state index >= 15 is 0 Å². The van der Waals surface area contributed by atoms with Crippen molar-refractivity contribution in [1.82, 2.24) is 0 Å². The summed E-state index contributed by atoms with van der Waals surface area (Å²) < 4.78 is 12.2. The molecule has 100 valence electrons. The van der Waals surface area contributed by atoms with Gasteiger partial charge in [0.25, 0.3) is 0 Å². The molecule has 1 fully saturated rings. The summed E-state index contributed by atoms with van der Waals surface area (Å²) >= 11 is 3.58. The minimum Gasteiger partial charge on any atom is -0.486 e. The summed E-state index contributed by atoms with van der Waals surface area (Å²) in [5.41, 5.74) is 1.61. The summed E-state index contributed by atoms with van der Waals surface area (Å²) in [6.45, 7) is 3.11. The number of benzene rings is 1. The SMILES string of the molecule is Cc1c2c(cc(Br)c1C1(N=C=O)CCC1)OCCO2. The van der Waals surface area contributed by atoms with E-state index in [1.165, 1.54) is 0 Å². The van der Waals surface area contributed by atoms with Crippen molar-refractivity contribution in [3.63, 3.8) is 0 Å². The average Bonchev–Trinajstić information content (AvgIpc) is 2.35. The number of rotatable bonds is 2. The zero-order chi connectivity index (χ0) is 13.5. The molecule has 5 heteroatoms. The van der Waals surface area contributed by atoms with Crippen LogP contribution in [0.1, 0.15) is 30.4 Å². The van der Waals surface area contributed by atoms with Crippen LogP contribution >= 0.6 is 15.9 Å². The van der Waals surface area contributed by atoms with E-state index in [1.54, 1.807) is 6.08 Å². The van der Waals surface area contributed by atoms with Crippen LogP contribution in [0.25, 0.3) is 0 Å². The van der Waals surface area contributed by atoms with E-state index in [4.69, 9.17) is 9.47 Å². The van der Waals surface area contributed by atoms with Crippen molar-refractivity contribution in [2.24, 2.45) is 4.99 Å². The lowest BCUT2D eigenvalue weighted by molar-refractivity contribution is 0.168. The van der Waals surface area contributed by atoms with Gasteiger partial charge in [-0.25, -0.2) is 4.79 Å². The molecule has 0 N–H and O–H groups in total. The van der Waals surface area contributed by atoms with Crippen molar-refractivity contribution in [2.45, 2.75) is 31.7 Å². The Bertz CT molecular complexity index is 575. The molecule has 0 unspecified atom stereocenters. The third kappa shape index (κ3) is 1.88. The molecule has 1 aliphatic carbocycles. The van der Waals surface area contributed by atoms with Gasteiger partial charge in [0, 0.05) is 15.6 Å². The zero-order valence-electron chi connectivity index (χ0n) is 10.7. The molecule has 0 aromatic heterocycles. The summed E-state index contributed by atoms with van der Waals surface area (Å²) in [6.07, 6.45) is 4.55. The Kier molecular flexibility index (Phi) is 3.11. The molecule has 2 aliphatic rings. The van der Waals surface area contributed by atoms with E-state index in [0.717, 1.165) is 46.4 Å². The maximum Gasteiger partial charge on any atom is 0.235 e. The number of ether oxygens (including phenoxy) is 2. The lowest BCUT2D eigenvalue weighted by Gasteiger charge is -2.39. The Labute approximate surface area is 119 Å². The molecule has 1 aliphatic heterocycles. The summed E-state index contributed by atoms with van der Waals surface area (Å²) in [5, 5.41) is 0. The maximum atomic E-state index is 10.7. The van der Waals surface area contributed by atoms with Crippen LogP contribution in [-0.2, 0) is 10.3 Å². The van der Waals surface area contributed by atoms with Gasteiger partial charge in [0.2, 0.25) is 6.08 Å². The minimum atomic E-state index is -0.430. The van der Waals surface area contributed by atoms with Gasteiger partial charge in [-0.2, -0.15) is 4.99 Å². The van der Waals surface area contributed by atoms with E-state index in [0.29, 0.717) is 13.2 Å². The van der Waals surface area contributed by atoms with Gasteiger partial charge in [0.05, 0.1) is 5.54 Å². The van der Waals surface area contributed by atoms with Crippen LogP contribution in [0.3, 0.4) is 0 Å². The van der Waals surface area contributed by atoms with Gasteiger partial charge in [-0.15, -0.1) is 0 Å². The molecule has 0 amide bonds. The lowest BCUT2D eigenvalue weighted by atomic mass is 9.71. The fourth-order valence-electron chi connectivity index (χ4n) is 2.90. The quantitative estimate of drug-likeness (QED) is 0.620. The predicted molar refractivity (Wildman–Crippen MR) is 73.5 cm³/mol. The molecule has 0 bridgehead atoms. The van der Waals surface area contributed by atoms with Gasteiger partial charge in [0.1, 0.15) is 13.2 Å². The van der Waals surface area contributed by atoms with Crippen molar-refractivity contribution in [2.75, 3.05) is 13.2 Å². The second-order valence-electron chi connectivity index (χ2n) is 4.97. The van der Waals surface area contributed by atoms with Crippen molar-refractivity contribution in [3.8, 4) is 11.5 Å². The van der Waals surface area contributed by atoms with Crippen LogP contribution in [0.5, 0.6) is 11.5 Å². The maximum absolute atomic E-state index is 10.7. The molecule has 19 heavy (non-hydrogen) atoms. The smallest absolute Gasteiger partial charge is 0.235 e. The van der Waals surface area contributed by atoms with Crippen molar-refractivity contribution < 1.29 is 14.3 Å². The minimum absolute atomic E-state index is 0.430. The van der Waals surface area contributed by atoms with E-state index in [2.05, 4.69) is 20.9 Å². The highest BCUT2D eigenvalue weighted by atomic mass is 79.9. The summed E-state index contributed by atoms with van der Waals surface area (Å²) in [5.74, 6) is 1.53. The molecule has 4 nitrogen and oxygen atoms in total. The first-order valence-electron chi connectivity index (χ1n) is 6.36. The number of halogens is 1. The van der Waals surface area contributed by atoms with E-state index in [-0.39, 0.29) is 0 Å². The Morgan fingerprint density at radius 3 is 2.74 bits per heavy atom. The summed E-state index contributed by atoms with van der Waals surface area (Å²) in [4.78, 5) is 14.8. The normalized spacial score (nSPS) is 19.3. The Morgan fingerprint density at radius 2 is 2.11 bits per heavy atom. The fraction of sp³-hybridized carbons (Fsp3) is 0.500. The standard InChI is InChI=1S/C14H14BrNO3/c1-9-12(14(16-8-17)3-2-4-14)10(15)7-11-13(9)19-6-5-18-11/h7H,2-6H2,1H3. The van der Waals surface area contributed by atoms with Crippen LogP contribution < -0.4 is 9.47 Å². The predicted octanol–water partition coefficient (Wildman–Crippen LogP) is 3.24. The topological polar surface area (TPSA) is 47.9 Å². The first-order valence-corrected chi connectivity index (χ1v) is 7.15. The average molecular weight is 324 g/mol. The Morgan fingerprint density at radius 1 is 1.37 bits per heavy atom. The van der Waals surface area contributed by atoms with Crippen LogP contribution in [0, 0.1) is 6.92 Å². The summed E-state index contributed by atoms with van der Waals surface area (Å²) in [7, 11) is 0. The molecule has 1 aromatic carbocycles. The highest BCUT2D eigenvalue weighted by molar-refractivity contribution is 9.10. The first-order chi connectivity index (χ1) is 9.18. The Balaban J connectivity index is 2.18. The van der Waals surface area contributed by atoms with Gasteiger partial charge in [-0.05, 0) is 32.3 Å². The number of hydrogen-bond acceptors (Lipinski definition) is 4. The van der Waals surface area contributed by atoms with Crippen molar-refractivity contribution >= 4 is 22.0 Å². The second kappa shape index (κ2) is 4.66. The van der Waals surface area contributed by atoms with Crippen LogP contribution in [-0.4, -0.2) is 19.3 Å². The first kappa shape index (κ1) is 12.7. The molecule has 0 atom stereocenters. The number of isocyanates is 1. The fourth-order valence-corrected chi connectivity index (χ4v) is 3.77. The number of hydrogen-bond donors (Lipinski definition) is 0. The third-order valence-corrected chi connectivity index (χ3v) is 4.55. The monoisotopic (exact) mass is 323 g/mol. The molecule has 0 spiro atoms. The van der Waals surface area contributed by atoms with E-state index in [9.17, 15) is 4.79 Å². The van der Waals surface area contributed by atoms with Gasteiger partial charge >= 0.3 is 0 Å². The van der Waals surface area contributed by atoms with Gasteiger partial charge in [-0.3, -0.25) is 0 Å². The third-order valence-electron chi connectivity index (χ3n) is 3.93. The van der Waals surface area contributed by atoms with Crippen LogP contribution in [0.2, 0.25) is 0 Å². The van der Waals surface area contributed by atoms with Crippen molar-refractivity contribution in [3.05, 3.63) is 21.7 Å². The van der Waals surface area contributed by atoms with Gasteiger partial charge in [0.15, 0.2) is 11.5 Å². The van der Waals surface area contributed by atoms with E-state index < -0.39 is 5.54 Å². The molecule has 0 saturated heterocycles. The molecule has 1 aromatic rings. The summed E-state index contributed by atoms with van der Waals surface area (Å²) in [6, 6.07) is 1.91. The van der Waals surface area contributed by atoms with Gasteiger partial charge < -0.3 is 9.47 Å². The highest BCUT2D eigenvalue weighted by Crippen LogP contribution is 2.52. The molecular formula is C14H14BrNO3. The highest BCUT2D eigenvalue weighted by Gasteiger charge is 2.42. The number of aliphatic imine (C=N–C) groups is 1. The van der Waals surface area contributed by atoms with Crippen molar-refractivity contribution in [1.29, 1.82) is 0 Å². The number of fused-ring (bicyclic) bond motifs is 1. The largest absolute Gasteiger partial charge is 0.486 e. The molecule has 0 radical (unpaired) electrons. The van der Waals surface area contributed by atoms with Crippen LogP contribution in [0.4, 0.5) is 0 Å².